The summed E-state index contributed by atoms with van der Waals surface area (Å²) >= 11 is 0. The quantitative estimate of drug-likeness (QED) is 0.0268. The number of phosphoric acid groups is 1. The van der Waals surface area contributed by atoms with Crippen LogP contribution in [0.15, 0.2) is 24.3 Å². The zero-order chi connectivity index (χ0) is 39.6. The van der Waals surface area contributed by atoms with Gasteiger partial charge in [-0.25, -0.2) is 4.57 Å². The largest absolute Gasteiger partial charge is 0.472 e. The van der Waals surface area contributed by atoms with E-state index < -0.39 is 26.5 Å². The van der Waals surface area contributed by atoms with Gasteiger partial charge in [-0.3, -0.25) is 18.6 Å². The lowest BCUT2D eigenvalue weighted by Gasteiger charge is -2.19. The van der Waals surface area contributed by atoms with Gasteiger partial charge in [0, 0.05) is 19.4 Å². The normalized spacial score (nSPS) is 13.5. The molecule has 0 aromatic carbocycles. The van der Waals surface area contributed by atoms with Crippen LogP contribution in [0.5, 0.6) is 0 Å². The molecule has 0 radical (unpaired) electrons. The summed E-state index contributed by atoms with van der Waals surface area (Å²) in [4.78, 5) is 34.9. The summed E-state index contributed by atoms with van der Waals surface area (Å²) in [7, 11) is -4.37. The van der Waals surface area contributed by atoms with E-state index in [1.165, 1.54) is 128 Å². The van der Waals surface area contributed by atoms with Gasteiger partial charge in [0.15, 0.2) is 6.10 Å². The molecule has 0 amide bonds. The minimum atomic E-state index is -4.37. The zero-order valence-electron chi connectivity index (χ0n) is 35.0. The Morgan fingerprint density at radius 3 is 1.44 bits per heavy atom. The highest BCUT2D eigenvalue weighted by Gasteiger charge is 2.26. The Morgan fingerprint density at radius 2 is 0.963 bits per heavy atom. The van der Waals surface area contributed by atoms with Crippen molar-refractivity contribution < 1.29 is 37.6 Å². The van der Waals surface area contributed by atoms with Crippen LogP contribution in [0.2, 0.25) is 0 Å². The number of carbonyl (C=O) groups excluding carboxylic acids is 2. The van der Waals surface area contributed by atoms with Crippen molar-refractivity contribution in [3.8, 4) is 0 Å². The second-order valence-corrected chi connectivity index (χ2v) is 16.4. The zero-order valence-corrected chi connectivity index (χ0v) is 35.9. The van der Waals surface area contributed by atoms with Crippen molar-refractivity contribution in [3.63, 3.8) is 0 Å². The van der Waals surface area contributed by atoms with Gasteiger partial charge in [-0.1, -0.05) is 179 Å². The summed E-state index contributed by atoms with van der Waals surface area (Å²) < 4.78 is 32.8. The molecule has 9 nitrogen and oxygen atoms in total. The van der Waals surface area contributed by atoms with Gasteiger partial charge in [0.05, 0.1) is 13.2 Å². The summed E-state index contributed by atoms with van der Waals surface area (Å²) in [6.07, 6.45) is 43.4. The van der Waals surface area contributed by atoms with Crippen molar-refractivity contribution in [2.24, 2.45) is 5.73 Å². The number of nitrogens with two attached hydrogens (primary N) is 1. The molecule has 10 heteroatoms. The summed E-state index contributed by atoms with van der Waals surface area (Å²) in [6, 6.07) is 0. The van der Waals surface area contributed by atoms with E-state index in [4.69, 9.17) is 24.3 Å². The molecule has 0 saturated carbocycles. The topological polar surface area (TPSA) is 134 Å². The number of esters is 2. The molecule has 3 N–H and O–H groups in total. The number of rotatable bonds is 42. The Balaban J connectivity index is 4.11. The lowest BCUT2D eigenvalue weighted by atomic mass is 10.0. The molecule has 0 fully saturated rings. The molecule has 2 atom stereocenters. The smallest absolute Gasteiger partial charge is 0.462 e. The second kappa shape index (κ2) is 41.1. The van der Waals surface area contributed by atoms with Crippen LogP contribution in [0.1, 0.15) is 213 Å². The maximum Gasteiger partial charge on any atom is 0.472 e. The van der Waals surface area contributed by atoms with E-state index in [0.717, 1.165) is 51.4 Å². The first-order valence-corrected chi connectivity index (χ1v) is 23.8. The number of ether oxygens (including phenoxy) is 2. The van der Waals surface area contributed by atoms with Gasteiger partial charge >= 0.3 is 19.8 Å². The molecule has 54 heavy (non-hydrogen) atoms. The van der Waals surface area contributed by atoms with Crippen LogP contribution in [0.4, 0.5) is 0 Å². The molecule has 0 aromatic rings. The fourth-order valence-electron chi connectivity index (χ4n) is 6.25. The molecule has 0 spiro atoms. The molecule has 318 valence electrons. The Hall–Kier alpha value is -1.51. The second-order valence-electron chi connectivity index (χ2n) is 14.9. The van der Waals surface area contributed by atoms with E-state index >= 15 is 0 Å². The van der Waals surface area contributed by atoms with Crippen molar-refractivity contribution in [1.29, 1.82) is 0 Å². The highest BCUT2D eigenvalue weighted by atomic mass is 31.2. The Bertz CT molecular complexity index is 944. The fourth-order valence-corrected chi connectivity index (χ4v) is 7.02. The predicted molar refractivity (Wildman–Crippen MR) is 224 cm³/mol. The summed E-state index contributed by atoms with van der Waals surface area (Å²) in [5.41, 5.74) is 5.35. The number of carbonyl (C=O) groups is 2. The molecule has 0 rings (SSSR count). The summed E-state index contributed by atoms with van der Waals surface area (Å²) in [5.74, 6) is -0.825. The average molecular weight is 786 g/mol. The van der Waals surface area contributed by atoms with Crippen molar-refractivity contribution in [3.05, 3.63) is 24.3 Å². The molecule has 0 aliphatic heterocycles. The molecule has 0 aliphatic carbocycles. The Morgan fingerprint density at radius 1 is 0.556 bits per heavy atom. The summed E-state index contributed by atoms with van der Waals surface area (Å²) in [5, 5.41) is 0. The molecule has 0 saturated heterocycles. The molecule has 0 bridgehead atoms. The summed E-state index contributed by atoms with van der Waals surface area (Å²) in [6.45, 7) is 3.72. The van der Waals surface area contributed by atoms with Crippen LogP contribution in [0.3, 0.4) is 0 Å². The van der Waals surface area contributed by atoms with Gasteiger partial charge < -0.3 is 20.1 Å². The maximum absolute atomic E-state index is 12.6. The van der Waals surface area contributed by atoms with Crippen LogP contribution >= 0.6 is 7.82 Å². The van der Waals surface area contributed by atoms with Gasteiger partial charge in [0.1, 0.15) is 6.61 Å². The van der Waals surface area contributed by atoms with Crippen molar-refractivity contribution in [1.82, 2.24) is 0 Å². The number of phosphoric ester groups is 1. The van der Waals surface area contributed by atoms with Crippen LogP contribution in [-0.4, -0.2) is 49.3 Å². The predicted octanol–water partition coefficient (Wildman–Crippen LogP) is 12.8. The Kier molecular flexibility index (Phi) is 40.0. The minimum absolute atomic E-state index is 0.0543. The standard InChI is InChI=1S/C44H84NO8P/c1-3-5-7-9-11-13-15-17-19-20-21-22-23-25-27-29-31-33-35-37-44(47)53-42(41-52-54(48,49)51-39-38-45)40-50-43(46)36-34-32-30-28-26-24-18-16-14-12-10-8-6-4-2/h11,13,17,19,42H,3-10,12,14-16,18,20-41,45H2,1-2H3,(H,48,49)/b13-11-,19-17-. The average Bonchev–Trinajstić information content (AvgIpc) is 3.16. The van der Waals surface area contributed by atoms with E-state index in [0.29, 0.717) is 6.42 Å². The Labute approximate surface area is 332 Å². The van der Waals surface area contributed by atoms with E-state index in [9.17, 15) is 19.0 Å². The maximum atomic E-state index is 12.6. The van der Waals surface area contributed by atoms with Crippen molar-refractivity contribution in [2.75, 3.05) is 26.4 Å². The van der Waals surface area contributed by atoms with E-state index in [2.05, 4.69) is 38.2 Å². The van der Waals surface area contributed by atoms with Crippen molar-refractivity contribution in [2.45, 2.75) is 219 Å². The van der Waals surface area contributed by atoms with E-state index in [1.54, 1.807) is 0 Å². The number of hydrogen-bond acceptors (Lipinski definition) is 8. The molecule has 0 aromatic heterocycles. The van der Waals surface area contributed by atoms with Crippen LogP contribution in [0.25, 0.3) is 0 Å². The third-order valence-electron chi connectivity index (χ3n) is 9.59. The molecular weight excluding hydrogens is 701 g/mol. The lowest BCUT2D eigenvalue weighted by Crippen LogP contribution is -2.29. The first-order valence-electron chi connectivity index (χ1n) is 22.3. The molecular formula is C44H84NO8P. The third-order valence-corrected chi connectivity index (χ3v) is 10.6. The van der Waals surface area contributed by atoms with Gasteiger partial charge in [-0.15, -0.1) is 0 Å². The highest BCUT2D eigenvalue weighted by molar-refractivity contribution is 7.47. The lowest BCUT2D eigenvalue weighted by molar-refractivity contribution is -0.161. The minimum Gasteiger partial charge on any atom is -0.462 e. The monoisotopic (exact) mass is 786 g/mol. The van der Waals surface area contributed by atoms with Crippen LogP contribution in [0, 0.1) is 0 Å². The van der Waals surface area contributed by atoms with Gasteiger partial charge in [-0.05, 0) is 44.9 Å². The fraction of sp³-hybridized carbons (Fsp3) is 0.864. The first kappa shape index (κ1) is 52.5. The number of unbranched alkanes of at least 4 members (excludes halogenated alkanes) is 25. The third kappa shape index (κ3) is 40.2. The van der Waals surface area contributed by atoms with E-state index in [-0.39, 0.29) is 38.6 Å². The van der Waals surface area contributed by atoms with Crippen LogP contribution in [-0.2, 0) is 32.7 Å². The number of allylic oxidation sites excluding steroid dienone is 4. The highest BCUT2D eigenvalue weighted by Crippen LogP contribution is 2.43. The molecule has 0 aliphatic rings. The van der Waals surface area contributed by atoms with Gasteiger partial charge in [-0.2, -0.15) is 0 Å². The SMILES string of the molecule is CCCCC/C=C\C/C=C\CCCCCCCCCCCC(=O)OC(COC(=O)CCCCCCCCCCCCCCCC)COP(=O)(O)OCCN. The van der Waals surface area contributed by atoms with E-state index in [1.807, 2.05) is 0 Å². The molecule has 2 unspecified atom stereocenters. The van der Waals surface area contributed by atoms with Gasteiger partial charge in [0.25, 0.3) is 0 Å². The molecule has 0 heterocycles. The number of hydrogen-bond donors (Lipinski definition) is 2. The first-order chi connectivity index (χ1) is 26.3. The van der Waals surface area contributed by atoms with Crippen LogP contribution < -0.4 is 5.73 Å². The van der Waals surface area contributed by atoms with Crippen molar-refractivity contribution >= 4 is 19.8 Å². The van der Waals surface area contributed by atoms with Gasteiger partial charge in [0.2, 0.25) is 0 Å².